The minimum Gasteiger partial charge on any atom is -0.299 e. The molecule has 4 heteroatoms. The number of nitrogens with one attached hydrogen (secondary N) is 1. The lowest BCUT2D eigenvalue weighted by molar-refractivity contribution is 0.204. The Bertz CT molecular complexity index is 838. The van der Waals surface area contributed by atoms with Gasteiger partial charge < -0.3 is 0 Å². The van der Waals surface area contributed by atoms with Gasteiger partial charge in [0.1, 0.15) is 0 Å². The summed E-state index contributed by atoms with van der Waals surface area (Å²) in [6.07, 6.45) is 4.33. The molecule has 3 heterocycles. The third kappa shape index (κ3) is 3.45. The lowest BCUT2D eigenvalue weighted by Gasteiger charge is -2.31. The molecule has 0 atom stereocenters. The monoisotopic (exact) mass is 334 g/mol. The number of likely N-dealkylation sites (tertiary alicyclic amines) is 1. The molecule has 0 bridgehead atoms. The molecular formula is C21H26N4. The fraction of sp³-hybridized carbons (Fsp3) is 0.429. The molecule has 0 amide bonds. The van der Waals surface area contributed by atoms with E-state index in [1.165, 1.54) is 35.2 Å². The molecule has 0 saturated carbocycles. The standard InChI is InChI=1S/C21H26N4/c1-15(2)20-13-21(24-23-20)16-8-11-25(12-9-16)14-17-7-10-22-19-6-4-3-5-18(17)19/h3-7,10,13,15-16H,8-9,11-12,14H2,1-2H3,(H,23,24). The highest BCUT2D eigenvalue weighted by Gasteiger charge is 2.23. The van der Waals surface area contributed by atoms with E-state index in [1.54, 1.807) is 0 Å². The summed E-state index contributed by atoms with van der Waals surface area (Å²) < 4.78 is 0. The molecule has 2 aromatic heterocycles. The van der Waals surface area contributed by atoms with Crippen molar-refractivity contribution in [3.05, 3.63) is 59.5 Å². The highest BCUT2D eigenvalue weighted by molar-refractivity contribution is 5.81. The number of aromatic nitrogens is 3. The average Bonchev–Trinajstić information content (AvgIpc) is 3.13. The number of hydrogen-bond donors (Lipinski definition) is 1. The summed E-state index contributed by atoms with van der Waals surface area (Å²) in [5.41, 5.74) is 4.97. The molecule has 130 valence electrons. The van der Waals surface area contributed by atoms with Crippen LogP contribution in [0.3, 0.4) is 0 Å². The second kappa shape index (κ2) is 6.96. The number of fused-ring (bicyclic) bond motifs is 1. The second-order valence-electron chi connectivity index (χ2n) is 7.44. The zero-order valence-corrected chi connectivity index (χ0v) is 15.1. The van der Waals surface area contributed by atoms with Crippen LogP contribution in [0.5, 0.6) is 0 Å². The van der Waals surface area contributed by atoms with Crippen molar-refractivity contribution in [2.24, 2.45) is 0 Å². The lowest BCUT2D eigenvalue weighted by atomic mass is 9.92. The summed E-state index contributed by atoms with van der Waals surface area (Å²) in [7, 11) is 0. The van der Waals surface area contributed by atoms with Crippen molar-refractivity contribution in [3.63, 3.8) is 0 Å². The summed E-state index contributed by atoms with van der Waals surface area (Å²) in [5.74, 6) is 1.11. The normalized spacial score (nSPS) is 16.8. The van der Waals surface area contributed by atoms with Gasteiger partial charge in [0, 0.05) is 29.7 Å². The number of para-hydroxylation sites is 1. The zero-order valence-electron chi connectivity index (χ0n) is 15.1. The first-order valence-electron chi connectivity index (χ1n) is 9.31. The summed E-state index contributed by atoms with van der Waals surface area (Å²) in [6.45, 7) is 7.67. The maximum absolute atomic E-state index is 4.47. The molecule has 1 saturated heterocycles. The highest BCUT2D eigenvalue weighted by Crippen LogP contribution is 2.29. The molecule has 0 unspecified atom stereocenters. The lowest BCUT2D eigenvalue weighted by Crippen LogP contribution is -2.32. The van der Waals surface area contributed by atoms with E-state index in [4.69, 9.17) is 0 Å². The third-order valence-electron chi connectivity index (χ3n) is 5.37. The summed E-state index contributed by atoms with van der Waals surface area (Å²) >= 11 is 0. The first kappa shape index (κ1) is 16.3. The Balaban J connectivity index is 1.41. The van der Waals surface area contributed by atoms with Crippen LogP contribution in [0.2, 0.25) is 0 Å². The van der Waals surface area contributed by atoms with Crippen molar-refractivity contribution in [3.8, 4) is 0 Å². The maximum Gasteiger partial charge on any atom is 0.0705 e. The molecule has 1 aromatic carbocycles. The van der Waals surface area contributed by atoms with Crippen molar-refractivity contribution in [1.82, 2.24) is 20.1 Å². The van der Waals surface area contributed by atoms with Crippen LogP contribution >= 0.6 is 0 Å². The van der Waals surface area contributed by atoms with Crippen LogP contribution in [0.1, 0.15) is 55.5 Å². The maximum atomic E-state index is 4.47. The van der Waals surface area contributed by atoms with Crippen LogP contribution in [-0.4, -0.2) is 33.2 Å². The van der Waals surface area contributed by atoms with Gasteiger partial charge in [-0.25, -0.2) is 0 Å². The van der Waals surface area contributed by atoms with Crippen molar-refractivity contribution in [1.29, 1.82) is 0 Å². The fourth-order valence-electron chi connectivity index (χ4n) is 3.79. The Hall–Kier alpha value is -2.20. The number of H-pyrrole nitrogens is 1. The summed E-state index contributed by atoms with van der Waals surface area (Å²) in [6, 6.07) is 12.9. The van der Waals surface area contributed by atoms with Gasteiger partial charge >= 0.3 is 0 Å². The van der Waals surface area contributed by atoms with Crippen LogP contribution in [0.25, 0.3) is 10.9 Å². The second-order valence-corrected chi connectivity index (χ2v) is 7.44. The van der Waals surface area contributed by atoms with E-state index in [0.717, 1.165) is 25.2 Å². The van der Waals surface area contributed by atoms with E-state index in [0.29, 0.717) is 11.8 Å². The van der Waals surface area contributed by atoms with Gasteiger partial charge in [-0.2, -0.15) is 5.10 Å². The Labute approximate surface area is 149 Å². The topological polar surface area (TPSA) is 44.8 Å². The number of hydrogen-bond acceptors (Lipinski definition) is 3. The molecule has 3 aromatic rings. The van der Waals surface area contributed by atoms with Gasteiger partial charge in [0.05, 0.1) is 11.2 Å². The molecule has 1 fully saturated rings. The first-order valence-corrected chi connectivity index (χ1v) is 9.31. The molecule has 4 rings (SSSR count). The van der Waals surface area contributed by atoms with Gasteiger partial charge in [-0.1, -0.05) is 32.0 Å². The Morgan fingerprint density at radius 1 is 1.16 bits per heavy atom. The van der Waals surface area contributed by atoms with Crippen molar-refractivity contribution in [2.75, 3.05) is 13.1 Å². The molecule has 1 aliphatic rings. The largest absolute Gasteiger partial charge is 0.299 e. The van der Waals surface area contributed by atoms with E-state index in [1.807, 2.05) is 6.20 Å². The van der Waals surface area contributed by atoms with E-state index in [2.05, 4.69) is 70.3 Å². The smallest absolute Gasteiger partial charge is 0.0705 e. The predicted molar refractivity (Wildman–Crippen MR) is 102 cm³/mol. The van der Waals surface area contributed by atoms with E-state index >= 15 is 0 Å². The van der Waals surface area contributed by atoms with Crippen molar-refractivity contribution < 1.29 is 0 Å². The van der Waals surface area contributed by atoms with Gasteiger partial charge in [0.25, 0.3) is 0 Å². The molecule has 0 radical (unpaired) electrons. The number of nitrogens with zero attached hydrogens (tertiary/aromatic N) is 3. The molecule has 1 aliphatic heterocycles. The number of rotatable bonds is 4. The van der Waals surface area contributed by atoms with Gasteiger partial charge in [-0.05, 0) is 55.6 Å². The number of benzene rings is 1. The van der Waals surface area contributed by atoms with Crippen LogP contribution in [0.15, 0.2) is 42.6 Å². The predicted octanol–water partition coefficient (Wildman–Crippen LogP) is 4.46. The highest BCUT2D eigenvalue weighted by atomic mass is 15.1. The number of aromatic amines is 1. The van der Waals surface area contributed by atoms with Crippen LogP contribution in [-0.2, 0) is 6.54 Å². The van der Waals surface area contributed by atoms with E-state index < -0.39 is 0 Å². The summed E-state index contributed by atoms with van der Waals surface area (Å²) in [4.78, 5) is 7.04. The molecule has 1 N–H and O–H groups in total. The minimum atomic E-state index is 0.491. The number of pyridine rings is 1. The average molecular weight is 334 g/mol. The van der Waals surface area contributed by atoms with Gasteiger partial charge in [-0.3, -0.25) is 15.0 Å². The molecule has 4 nitrogen and oxygen atoms in total. The molecular weight excluding hydrogens is 308 g/mol. The third-order valence-corrected chi connectivity index (χ3v) is 5.37. The molecule has 0 aliphatic carbocycles. The minimum absolute atomic E-state index is 0.491. The van der Waals surface area contributed by atoms with Crippen molar-refractivity contribution in [2.45, 2.75) is 45.1 Å². The Morgan fingerprint density at radius 2 is 1.96 bits per heavy atom. The van der Waals surface area contributed by atoms with Gasteiger partial charge in [0.15, 0.2) is 0 Å². The Kier molecular flexibility index (Phi) is 4.53. The zero-order chi connectivity index (χ0) is 17.2. The Morgan fingerprint density at radius 3 is 2.72 bits per heavy atom. The van der Waals surface area contributed by atoms with E-state index in [9.17, 15) is 0 Å². The fourth-order valence-corrected chi connectivity index (χ4v) is 3.79. The van der Waals surface area contributed by atoms with Crippen LogP contribution < -0.4 is 0 Å². The SMILES string of the molecule is CC(C)c1cc(C2CCN(Cc3ccnc4ccccc34)CC2)[nH]n1. The molecule has 0 spiro atoms. The van der Waals surface area contributed by atoms with Crippen LogP contribution in [0.4, 0.5) is 0 Å². The van der Waals surface area contributed by atoms with Crippen LogP contribution in [0, 0.1) is 0 Å². The number of piperidine rings is 1. The van der Waals surface area contributed by atoms with Crippen molar-refractivity contribution >= 4 is 10.9 Å². The molecule has 25 heavy (non-hydrogen) atoms. The summed E-state index contributed by atoms with van der Waals surface area (Å²) in [5, 5.41) is 9.01. The van der Waals surface area contributed by atoms with E-state index in [-0.39, 0.29) is 0 Å². The first-order chi connectivity index (χ1) is 12.2. The quantitative estimate of drug-likeness (QED) is 0.766. The van der Waals surface area contributed by atoms with Gasteiger partial charge in [0.2, 0.25) is 0 Å². The van der Waals surface area contributed by atoms with Gasteiger partial charge in [-0.15, -0.1) is 0 Å².